The lowest BCUT2D eigenvalue weighted by molar-refractivity contribution is -0.384. The molecule has 0 radical (unpaired) electrons. The van der Waals surface area contributed by atoms with Crippen LogP contribution in [-0.2, 0) is 11.2 Å². The molecular formula is C23H20N4O4S. The number of carbonyl (C=O) groups is 2. The highest BCUT2D eigenvalue weighted by atomic mass is 32.1. The molecule has 8 nitrogen and oxygen atoms in total. The fourth-order valence-electron chi connectivity index (χ4n) is 2.87. The summed E-state index contributed by atoms with van der Waals surface area (Å²) in [6.45, 7) is 0. The molecule has 0 spiro atoms. The Labute approximate surface area is 189 Å². The van der Waals surface area contributed by atoms with Crippen molar-refractivity contribution in [3.8, 4) is 0 Å². The molecule has 0 aromatic heterocycles. The molecule has 0 heterocycles. The fraction of sp³-hybridized carbons (Fsp3) is 0.0870. The largest absolute Gasteiger partial charge is 0.332 e. The smallest absolute Gasteiger partial charge is 0.269 e. The summed E-state index contributed by atoms with van der Waals surface area (Å²) in [6.07, 6.45) is 0.995. The molecule has 9 heteroatoms. The number of carbonyl (C=O) groups excluding carboxylic acids is 2. The second-order valence-corrected chi connectivity index (χ2v) is 7.24. The summed E-state index contributed by atoms with van der Waals surface area (Å²) in [5.41, 5.74) is 2.40. The molecule has 162 valence electrons. The number of nitro benzene ring substituents is 1. The van der Waals surface area contributed by atoms with Gasteiger partial charge >= 0.3 is 0 Å². The minimum absolute atomic E-state index is 0.0564. The maximum atomic E-state index is 12.3. The van der Waals surface area contributed by atoms with Crippen molar-refractivity contribution in [2.75, 3.05) is 10.6 Å². The summed E-state index contributed by atoms with van der Waals surface area (Å²) >= 11 is 5.17. The van der Waals surface area contributed by atoms with Gasteiger partial charge < -0.3 is 10.6 Å². The van der Waals surface area contributed by atoms with Crippen molar-refractivity contribution in [2.45, 2.75) is 12.8 Å². The summed E-state index contributed by atoms with van der Waals surface area (Å²) < 4.78 is 0. The molecular weight excluding hydrogens is 428 g/mol. The monoisotopic (exact) mass is 448 g/mol. The third-order valence-corrected chi connectivity index (χ3v) is 4.66. The summed E-state index contributed by atoms with van der Waals surface area (Å²) in [7, 11) is 0. The maximum Gasteiger partial charge on any atom is 0.269 e. The van der Waals surface area contributed by atoms with Gasteiger partial charge in [0.2, 0.25) is 5.91 Å². The van der Waals surface area contributed by atoms with E-state index in [0.29, 0.717) is 24.2 Å². The molecule has 32 heavy (non-hydrogen) atoms. The van der Waals surface area contributed by atoms with Crippen LogP contribution in [0.25, 0.3) is 0 Å². The van der Waals surface area contributed by atoms with E-state index in [0.717, 1.165) is 5.56 Å². The topological polar surface area (TPSA) is 113 Å². The minimum atomic E-state index is -0.540. The molecule has 3 N–H and O–H groups in total. The lowest BCUT2D eigenvalue weighted by Crippen LogP contribution is -2.34. The Morgan fingerprint density at radius 2 is 1.53 bits per heavy atom. The second-order valence-electron chi connectivity index (χ2n) is 6.83. The summed E-state index contributed by atoms with van der Waals surface area (Å²) in [4.78, 5) is 34.7. The number of hydrogen-bond donors (Lipinski definition) is 3. The predicted molar refractivity (Wildman–Crippen MR) is 127 cm³/mol. The predicted octanol–water partition coefficient (Wildman–Crippen LogP) is 4.29. The standard InChI is InChI=1S/C23H20N4O4S/c28-21(14-9-16-5-2-1-3-6-16)24-18-7-4-8-19(15-18)25-23(32)26-22(29)17-10-12-20(13-11-17)27(30)31/h1-8,10-13,15H,9,14H2,(H,24,28)(H2,25,26,29,32). The summed E-state index contributed by atoms with van der Waals surface area (Å²) in [6, 6.07) is 21.9. The summed E-state index contributed by atoms with van der Waals surface area (Å²) in [5.74, 6) is -0.608. The highest BCUT2D eigenvalue weighted by molar-refractivity contribution is 7.80. The van der Waals surface area contributed by atoms with Crippen LogP contribution in [0.2, 0.25) is 0 Å². The number of anilines is 2. The minimum Gasteiger partial charge on any atom is -0.332 e. The van der Waals surface area contributed by atoms with Crippen molar-refractivity contribution >= 4 is 46.2 Å². The van der Waals surface area contributed by atoms with Gasteiger partial charge in [0.25, 0.3) is 11.6 Å². The molecule has 3 aromatic carbocycles. The van der Waals surface area contributed by atoms with E-state index < -0.39 is 10.8 Å². The number of amides is 2. The number of aryl methyl sites for hydroxylation is 1. The van der Waals surface area contributed by atoms with E-state index in [2.05, 4.69) is 16.0 Å². The van der Waals surface area contributed by atoms with Crippen molar-refractivity contribution in [2.24, 2.45) is 0 Å². The molecule has 0 saturated carbocycles. The van der Waals surface area contributed by atoms with Crippen LogP contribution in [0.5, 0.6) is 0 Å². The zero-order valence-corrected chi connectivity index (χ0v) is 17.7. The van der Waals surface area contributed by atoms with Crippen LogP contribution < -0.4 is 16.0 Å². The Kier molecular flexibility index (Phi) is 7.60. The third-order valence-electron chi connectivity index (χ3n) is 4.46. The third kappa shape index (κ3) is 6.71. The van der Waals surface area contributed by atoms with Crippen molar-refractivity contribution < 1.29 is 14.5 Å². The van der Waals surface area contributed by atoms with Gasteiger partial charge in [-0.05, 0) is 54.5 Å². The number of nitro groups is 1. The highest BCUT2D eigenvalue weighted by Crippen LogP contribution is 2.16. The van der Waals surface area contributed by atoms with Gasteiger partial charge in [-0.1, -0.05) is 36.4 Å². The molecule has 3 aromatic rings. The van der Waals surface area contributed by atoms with Gasteiger partial charge in [-0.15, -0.1) is 0 Å². The number of benzene rings is 3. The van der Waals surface area contributed by atoms with Crippen molar-refractivity contribution in [3.05, 3.63) is 100 Å². The molecule has 0 aliphatic rings. The number of non-ortho nitro benzene ring substituents is 1. The first-order valence-electron chi connectivity index (χ1n) is 9.71. The maximum absolute atomic E-state index is 12.3. The van der Waals surface area contributed by atoms with Crippen LogP contribution in [0, 0.1) is 10.1 Å². The SMILES string of the molecule is O=C(CCc1ccccc1)Nc1cccc(NC(=S)NC(=O)c2ccc([N+](=O)[O-])cc2)c1. The molecule has 0 saturated heterocycles. The Hall–Kier alpha value is -4.11. The van der Waals surface area contributed by atoms with Gasteiger partial charge in [-0.2, -0.15) is 0 Å². The Bertz CT molecular complexity index is 1130. The van der Waals surface area contributed by atoms with Gasteiger partial charge in [-0.3, -0.25) is 25.0 Å². The number of nitrogens with zero attached hydrogens (tertiary/aromatic N) is 1. The van der Waals surface area contributed by atoms with Crippen LogP contribution in [0.1, 0.15) is 22.3 Å². The molecule has 0 aliphatic heterocycles. The molecule has 0 bridgehead atoms. The fourth-order valence-corrected chi connectivity index (χ4v) is 3.08. The highest BCUT2D eigenvalue weighted by Gasteiger charge is 2.11. The first-order valence-corrected chi connectivity index (χ1v) is 10.1. The van der Waals surface area contributed by atoms with E-state index in [-0.39, 0.29) is 22.3 Å². The van der Waals surface area contributed by atoms with Crippen molar-refractivity contribution in [1.29, 1.82) is 0 Å². The molecule has 2 amide bonds. The van der Waals surface area contributed by atoms with E-state index in [1.54, 1.807) is 24.3 Å². The van der Waals surface area contributed by atoms with Gasteiger partial charge in [0.1, 0.15) is 0 Å². The Balaban J connectivity index is 1.52. The van der Waals surface area contributed by atoms with E-state index in [9.17, 15) is 19.7 Å². The van der Waals surface area contributed by atoms with Gasteiger partial charge in [-0.25, -0.2) is 0 Å². The lowest BCUT2D eigenvalue weighted by atomic mass is 10.1. The van der Waals surface area contributed by atoms with Crippen molar-refractivity contribution in [1.82, 2.24) is 5.32 Å². The van der Waals surface area contributed by atoms with Crippen LogP contribution in [-0.4, -0.2) is 21.9 Å². The Morgan fingerprint density at radius 1 is 0.875 bits per heavy atom. The van der Waals surface area contributed by atoms with Crippen LogP contribution in [0.4, 0.5) is 17.1 Å². The lowest BCUT2D eigenvalue weighted by Gasteiger charge is -2.11. The molecule has 0 aliphatic carbocycles. The van der Waals surface area contributed by atoms with Crippen LogP contribution in [0.3, 0.4) is 0 Å². The van der Waals surface area contributed by atoms with Gasteiger partial charge in [0.15, 0.2) is 5.11 Å². The quantitative estimate of drug-likeness (QED) is 0.282. The number of nitrogens with one attached hydrogen (secondary N) is 3. The van der Waals surface area contributed by atoms with Gasteiger partial charge in [0.05, 0.1) is 4.92 Å². The van der Waals surface area contributed by atoms with E-state index in [1.807, 2.05) is 30.3 Å². The molecule has 0 atom stereocenters. The zero-order valence-electron chi connectivity index (χ0n) is 16.9. The first-order chi connectivity index (χ1) is 15.4. The van der Waals surface area contributed by atoms with Gasteiger partial charge in [0, 0.05) is 35.5 Å². The Morgan fingerprint density at radius 3 is 2.19 bits per heavy atom. The van der Waals surface area contributed by atoms with E-state index in [4.69, 9.17) is 12.2 Å². The number of rotatable bonds is 7. The van der Waals surface area contributed by atoms with Crippen LogP contribution >= 0.6 is 12.2 Å². The normalized spacial score (nSPS) is 10.1. The molecule has 3 rings (SSSR count). The zero-order chi connectivity index (χ0) is 22.9. The van der Waals surface area contributed by atoms with E-state index >= 15 is 0 Å². The second kappa shape index (κ2) is 10.8. The van der Waals surface area contributed by atoms with Crippen LogP contribution in [0.15, 0.2) is 78.9 Å². The van der Waals surface area contributed by atoms with Crippen molar-refractivity contribution in [3.63, 3.8) is 0 Å². The summed E-state index contributed by atoms with van der Waals surface area (Å²) in [5, 5.41) is 19.0. The molecule has 0 unspecified atom stereocenters. The molecule has 0 fully saturated rings. The first kappa shape index (κ1) is 22.6. The average molecular weight is 449 g/mol. The number of hydrogen-bond acceptors (Lipinski definition) is 5. The average Bonchev–Trinajstić information content (AvgIpc) is 2.78. The number of thiocarbonyl (C=S) groups is 1. The van der Waals surface area contributed by atoms with E-state index in [1.165, 1.54) is 24.3 Å².